The maximum atomic E-state index is 14.3. The van der Waals surface area contributed by atoms with Crippen molar-refractivity contribution in [3.63, 3.8) is 0 Å². The van der Waals surface area contributed by atoms with E-state index in [2.05, 4.69) is 5.32 Å². The zero-order valence-electron chi connectivity index (χ0n) is 22.0. The van der Waals surface area contributed by atoms with E-state index in [9.17, 15) is 18.8 Å². The van der Waals surface area contributed by atoms with E-state index in [1.807, 2.05) is 65.0 Å². The lowest BCUT2D eigenvalue weighted by atomic mass is 9.85. The molecule has 8 heteroatoms. The summed E-state index contributed by atoms with van der Waals surface area (Å²) in [5.74, 6) is -2.19. The summed E-state index contributed by atoms with van der Waals surface area (Å²) in [6, 6.07) is 11.3. The second-order valence-electron chi connectivity index (χ2n) is 10.7. The van der Waals surface area contributed by atoms with Crippen molar-refractivity contribution in [3.8, 4) is 0 Å². The molecule has 0 bridgehead atoms. The van der Waals surface area contributed by atoms with Gasteiger partial charge in [-0.15, -0.1) is 0 Å². The Morgan fingerprint density at radius 2 is 1.61 bits per heavy atom. The van der Waals surface area contributed by atoms with Crippen molar-refractivity contribution in [2.45, 2.75) is 71.0 Å². The highest BCUT2D eigenvalue weighted by atomic mass is 19.1. The van der Waals surface area contributed by atoms with Gasteiger partial charge in [0.05, 0.1) is 6.04 Å². The number of amides is 3. The summed E-state index contributed by atoms with van der Waals surface area (Å²) < 4.78 is 14.3. The molecule has 0 radical (unpaired) electrons. The van der Waals surface area contributed by atoms with Crippen molar-refractivity contribution in [2.75, 3.05) is 7.05 Å². The fourth-order valence-electron chi connectivity index (χ4n) is 4.27. The van der Waals surface area contributed by atoms with Gasteiger partial charge in [0.15, 0.2) is 0 Å². The van der Waals surface area contributed by atoms with Gasteiger partial charge in [0.25, 0.3) is 0 Å². The molecule has 0 spiro atoms. The summed E-state index contributed by atoms with van der Waals surface area (Å²) in [5, 5.41) is 2.70. The van der Waals surface area contributed by atoms with Crippen LogP contribution in [0.1, 0.15) is 51.3 Å². The molecule has 0 saturated carbocycles. The third-order valence-corrected chi connectivity index (χ3v) is 6.22. The smallest absolute Gasteiger partial charge is 0.243 e. The minimum Gasteiger partial charge on any atom is -0.368 e. The average Bonchev–Trinajstić information content (AvgIpc) is 2.78. The normalized spacial score (nSPS) is 14.1. The summed E-state index contributed by atoms with van der Waals surface area (Å²) in [7, 11) is 1.53. The molecule has 2 aromatic rings. The molecule has 5 N–H and O–H groups in total. The number of hydrogen-bond acceptors (Lipinski definition) is 4. The lowest BCUT2D eigenvalue weighted by Crippen LogP contribution is -2.58. The van der Waals surface area contributed by atoms with Crippen LogP contribution in [-0.4, -0.2) is 47.8 Å². The Kier molecular flexibility index (Phi) is 9.76. The number of likely N-dealkylation sites (N-methyl/N-ethyl adjacent to an activating group) is 1. The van der Waals surface area contributed by atoms with E-state index >= 15 is 0 Å². The first-order valence-corrected chi connectivity index (χ1v) is 12.2. The molecule has 196 valence electrons. The van der Waals surface area contributed by atoms with E-state index in [0.717, 1.165) is 5.56 Å². The largest absolute Gasteiger partial charge is 0.368 e. The Balaban J connectivity index is 2.18. The van der Waals surface area contributed by atoms with Crippen LogP contribution in [0.3, 0.4) is 0 Å². The molecule has 2 aromatic carbocycles. The Morgan fingerprint density at radius 1 is 1.00 bits per heavy atom. The molecular weight excluding hydrogens is 459 g/mol. The SMILES string of the molecule is CC(C)[C@@H](C(=O)NC(Cc1ccc(F)c(C(C)(C)C)c1)C(N)=O)N(C)C(=O)[C@@H](N)Cc1ccccc1. The molecular formula is C28H39FN4O3. The molecule has 7 nitrogen and oxygen atoms in total. The minimum atomic E-state index is -1.03. The summed E-state index contributed by atoms with van der Waals surface area (Å²) in [6.07, 6.45) is 0.432. The van der Waals surface area contributed by atoms with Gasteiger partial charge >= 0.3 is 0 Å². The number of carbonyl (C=O) groups excluding carboxylic acids is 3. The van der Waals surface area contributed by atoms with Crippen molar-refractivity contribution in [2.24, 2.45) is 17.4 Å². The second-order valence-corrected chi connectivity index (χ2v) is 10.7. The Morgan fingerprint density at radius 3 is 2.14 bits per heavy atom. The van der Waals surface area contributed by atoms with Crippen LogP contribution in [0, 0.1) is 11.7 Å². The van der Waals surface area contributed by atoms with Crippen LogP contribution < -0.4 is 16.8 Å². The maximum absolute atomic E-state index is 14.3. The predicted octanol–water partition coefficient (Wildman–Crippen LogP) is 2.69. The lowest BCUT2D eigenvalue weighted by Gasteiger charge is -2.33. The van der Waals surface area contributed by atoms with Crippen molar-refractivity contribution >= 4 is 17.7 Å². The molecule has 0 aliphatic rings. The Hall–Kier alpha value is -3.26. The number of primary amides is 1. The number of benzene rings is 2. The molecule has 1 unspecified atom stereocenters. The number of nitrogens with one attached hydrogen (secondary N) is 1. The van der Waals surface area contributed by atoms with Gasteiger partial charge in [-0.05, 0) is 40.5 Å². The highest BCUT2D eigenvalue weighted by Crippen LogP contribution is 2.26. The Bertz CT molecular complexity index is 1070. The van der Waals surface area contributed by atoms with Gasteiger partial charge in [0.1, 0.15) is 17.9 Å². The minimum absolute atomic E-state index is 0.0976. The third-order valence-electron chi connectivity index (χ3n) is 6.22. The van der Waals surface area contributed by atoms with Crippen molar-refractivity contribution < 1.29 is 18.8 Å². The first-order valence-electron chi connectivity index (χ1n) is 12.2. The van der Waals surface area contributed by atoms with Gasteiger partial charge in [0, 0.05) is 13.5 Å². The monoisotopic (exact) mass is 498 g/mol. The van der Waals surface area contributed by atoms with Gasteiger partial charge in [-0.3, -0.25) is 14.4 Å². The number of nitrogens with two attached hydrogens (primary N) is 2. The molecule has 0 fully saturated rings. The van der Waals surface area contributed by atoms with Crippen LogP contribution >= 0.6 is 0 Å². The zero-order valence-corrected chi connectivity index (χ0v) is 22.0. The van der Waals surface area contributed by atoms with E-state index in [0.29, 0.717) is 17.5 Å². The van der Waals surface area contributed by atoms with Crippen LogP contribution in [0.25, 0.3) is 0 Å². The van der Waals surface area contributed by atoms with Gasteiger partial charge in [0.2, 0.25) is 17.7 Å². The van der Waals surface area contributed by atoms with Crippen molar-refractivity contribution in [1.82, 2.24) is 10.2 Å². The molecule has 0 aliphatic heterocycles. The van der Waals surface area contributed by atoms with E-state index < -0.39 is 35.4 Å². The van der Waals surface area contributed by atoms with E-state index in [1.54, 1.807) is 12.1 Å². The molecule has 0 aliphatic carbocycles. The van der Waals surface area contributed by atoms with E-state index in [1.165, 1.54) is 18.0 Å². The number of carbonyl (C=O) groups is 3. The van der Waals surface area contributed by atoms with Crippen LogP contribution in [0.4, 0.5) is 4.39 Å². The predicted molar refractivity (Wildman–Crippen MR) is 139 cm³/mol. The highest BCUT2D eigenvalue weighted by molar-refractivity contribution is 5.93. The van der Waals surface area contributed by atoms with Gasteiger partial charge in [-0.2, -0.15) is 0 Å². The van der Waals surface area contributed by atoms with Gasteiger partial charge in [-0.1, -0.05) is 77.1 Å². The van der Waals surface area contributed by atoms with Crippen LogP contribution in [0.15, 0.2) is 48.5 Å². The van der Waals surface area contributed by atoms with Crippen molar-refractivity contribution in [1.29, 1.82) is 0 Å². The molecule has 0 heterocycles. The van der Waals surface area contributed by atoms with Crippen LogP contribution in [-0.2, 0) is 32.6 Å². The zero-order chi connectivity index (χ0) is 27.2. The van der Waals surface area contributed by atoms with Crippen LogP contribution in [0.5, 0.6) is 0 Å². The van der Waals surface area contributed by atoms with Crippen molar-refractivity contribution in [3.05, 3.63) is 71.0 Å². The summed E-state index contributed by atoms with van der Waals surface area (Å²) >= 11 is 0. The summed E-state index contributed by atoms with van der Waals surface area (Å²) in [6.45, 7) is 9.30. The molecule has 36 heavy (non-hydrogen) atoms. The van der Waals surface area contributed by atoms with Gasteiger partial charge < -0.3 is 21.7 Å². The molecule has 0 saturated heterocycles. The first-order chi connectivity index (χ1) is 16.7. The highest BCUT2D eigenvalue weighted by Gasteiger charge is 2.34. The second kappa shape index (κ2) is 12.1. The van der Waals surface area contributed by atoms with Gasteiger partial charge in [-0.25, -0.2) is 4.39 Å². The standard InChI is InChI=1S/C28H39FN4O3/c1-17(2)24(33(6)27(36)22(30)15-18-10-8-7-9-11-18)26(35)32-23(25(31)34)16-19-12-13-21(29)20(14-19)28(3,4)5/h7-14,17,22-24H,15-16,30H2,1-6H3,(H2,31,34)(H,32,35)/t22-,23?,24-/m0/s1. The maximum Gasteiger partial charge on any atom is 0.243 e. The van der Waals surface area contributed by atoms with E-state index in [-0.39, 0.29) is 24.1 Å². The quantitative estimate of drug-likeness (QED) is 0.467. The molecule has 0 aromatic heterocycles. The van der Waals surface area contributed by atoms with E-state index in [4.69, 9.17) is 11.5 Å². The number of rotatable bonds is 10. The third kappa shape index (κ3) is 7.62. The first kappa shape index (κ1) is 29.0. The molecule has 3 atom stereocenters. The fourth-order valence-corrected chi connectivity index (χ4v) is 4.27. The molecule has 3 amide bonds. The number of nitrogens with zero attached hydrogens (tertiary/aromatic N) is 1. The Labute approximate surface area is 213 Å². The number of halogens is 1. The summed E-state index contributed by atoms with van der Waals surface area (Å²) in [5.41, 5.74) is 13.4. The fraction of sp³-hybridized carbons (Fsp3) is 0.464. The number of hydrogen-bond donors (Lipinski definition) is 3. The molecule has 2 rings (SSSR count). The average molecular weight is 499 g/mol. The topological polar surface area (TPSA) is 119 Å². The van der Waals surface area contributed by atoms with Crippen LogP contribution in [0.2, 0.25) is 0 Å². The lowest BCUT2D eigenvalue weighted by molar-refractivity contribution is -0.142. The summed E-state index contributed by atoms with van der Waals surface area (Å²) in [4.78, 5) is 39.9.